The van der Waals surface area contributed by atoms with Crippen LogP contribution < -0.4 is 10.6 Å². The zero-order chi connectivity index (χ0) is 19.6. The number of carbonyl (C=O) groups is 2. The van der Waals surface area contributed by atoms with Gasteiger partial charge in [0.2, 0.25) is 11.8 Å². The SMILES string of the molecule is CC(=O)Nc1ccc(CN2CCC3(CC2)C[C@@H]3C(=O)NCc2cccs2)cc1. The van der Waals surface area contributed by atoms with Crippen molar-refractivity contribution in [1.29, 1.82) is 0 Å². The summed E-state index contributed by atoms with van der Waals surface area (Å²) in [6.45, 7) is 5.19. The number of likely N-dealkylation sites (tertiary alicyclic amines) is 1. The number of carbonyl (C=O) groups excluding carboxylic acids is 2. The van der Waals surface area contributed by atoms with Gasteiger partial charge in [0.15, 0.2) is 0 Å². The van der Waals surface area contributed by atoms with Gasteiger partial charge < -0.3 is 10.6 Å². The van der Waals surface area contributed by atoms with E-state index >= 15 is 0 Å². The first-order chi connectivity index (χ1) is 13.5. The van der Waals surface area contributed by atoms with E-state index in [1.54, 1.807) is 11.3 Å². The zero-order valence-electron chi connectivity index (χ0n) is 16.2. The Kier molecular flexibility index (Phi) is 5.51. The van der Waals surface area contributed by atoms with Crippen LogP contribution in [0.1, 0.15) is 36.6 Å². The van der Waals surface area contributed by atoms with Crippen LogP contribution in [0.5, 0.6) is 0 Å². The molecular formula is C22H27N3O2S. The van der Waals surface area contributed by atoms with Crippen molar-refractivity contribution in [2.75, 3.05) is 18.4 Å². The summed E-state index contributed by atoms with van der Waals surface area (Å²) < 4.78 is 0. The Morgan fingerprint density at radius 3 is 2.57 bits per heavy atom. The number of piperidine rings is 1. The fourth-order valence-electron chi connectivity index (χ4n) is 4.29. The van der Waals surface area contributed by atoms with E-state index in [0.717, 1.165) is 44.6 Å². The fourth-order valence-corrected chi connectivity index (χ4v) is 4.94. The van der Waals surface area contributed by atoms with Crippen molar-refractivity contribution in [2.45, 2.75) is 39.3 Å². The molecule has 2 heterocycles. The summed E-state index contributed by atoms with van der Waals surface area (Å²) in [5, 5.41) is 7.96. The molecule has 1 saturated carbocycles. The number of hydrogen-bond donors (Lipinski definition) is 2. The number of rotatable bonds is 6. The average Bonchev–Trinajstić information content (AvgIpc) is 3.12. The molecule has 1 saturated heterocycles. The predicted octanol–water partition coefficient (Wildman–Crippen LogP) is 3.63. The standard InChI is InChI=1S/C22H27N3O2S/c1-16(26)24-18-6-4-17(5-7-18)15-25-10-8-22(9-11-25)13-20(22)21(27)23-14-19-3-2-12-28-19/h2-7,12,20H,8-11,13-15H2,1H3,(H,23,27)(H,24,26)/t20-/m1/s1. The molecule has 4 rings (SSSR count). The summed E-state index contributed by atoms with van der Waals surface area (Å²) in [7, 11) is 0. The van der Waals surface area contributed by atoms with Crippen molar-refractivity contribution in [2.24, 2.45) is 11.3 Å². The summed E-state index contributed by atoms with van der Waals surface area (Å²) in [5.74, 6) is 0.384. The van der Waals surface area contributed by atoms with Gasteiger partial charge in [-0.3, -0.25) is 14.5 Å². The van der Waals surface area contributed by atoms with Gasteiger partial charge in [-0.1, -0.05) is 18.2 Å². The van der Waals surface area contributed by atoms with Crippen molar-refractivity contribution >= 4 is 28.8 Å². The third-order valence-electron chi connectivity index (χ3n) is 6.06. The molecule has 6 heteroatoms. The van der Waals surface area contributed by atoms with E-state index in [0.29, 0.717) is 6.54 Å². The van der Waals surface area contributed by atoms with Crippen LogP contribution in [-0.4, -0.2) is 29.8 Å². The number of amides is 2. The quantitative estimate of drug-likeness (QED) is 0.783. The second kappa shape index (κ2) is 8.05. The number of benzene rings is 1. The lowest BCUT2D eigenvalue weighted by Crippen LogP contribution is -2.36. The molecule has 148 valence electrons. The van der Waals surface area contributed by atoms with E-state index < -0.39 is 0 Å². The topological polar surface area (TPSA) is 61.4 Å². The monoisotopic (exact) mass is 397 g/mol. The maximum Gasteiger partial charge on any atom is 0.223 e. The molecule has 28 heavy (non-hydrogen) atoms. The largest absolute Gasteiger partial charge is 0.351 e. The highest BCUT2D eigenvalue weighted by Gasteiger charge is 2.58. The Balaban J connectivity index is 1.22. The molecule has 1 aromatic heterocycles. The Morgan fingerprint density at radius 2 is 1.93 bits per heavy atom. The van der Waals surface area contributed by atoms with Crippen LogP contribution in [0.4, 0.5) is 5.69 Å². The summed E-state index contributed by atoms with van der Waals surface area (Å²) in [6, 6.07) is 12.2. The Hall–Kier alpha value is -2.18. The summed E-state index contributed by atoms with van der Waals surface area (Å²) in [6.07, 6.45) is 3.25. The van der Waals surface area contributed by atoms with Crippen LogP contribution in [0.15, 0.2) is 41.8 Å². The van der Waals surface area contributed by atoms with Gasteiger partial charge in [0.05, 0.1) is 6.54 Å². The van der Waals surface area contributed by atoms with E-state index in [1.165, 1.54) is 17.4 Å². The second-order valence-electron chi connectivity index (χ2n) is 8.07. The Labute approximate surface area is 170 Å². The minimum absolute atomic E-state index is 0.0486. The van der Waals surface area contributed by atoms with Crippen LogP contribution in [-0.2, 0) is 22.7 Å². The third kappa shape index (κ3) is 4.45. The molecule has 2 fully saturated rings. The van der Waals surface area contributed by atoms with E-state index in [4.69, 9.17) is 0 Å². The minimum atomic E-state index is -0.0486. The fraction of sp³-hybridized carbons (Fsp3) is 0.455. The van der Waals surface area contributed by atoms with Crippen LogP contribution in [0.25, 0.3) is 0 Å². The Bertz CT molecular complexity index is 824. The molecule has 1 aliphatic carbocycles. The van der Waals surface area contributed by atoms with E-state index in [2.05, 4.69) is 33.7 Å². The molecule has 2 amide bonds. The van der Waals surface area contributed by atoms with Gasteiger partial charge in [-0.15, -0.1) is 11.3 Å². The highest BCUT2D eigenvalue weighted by Crippen LogP contribution is 2.59. The summed E-state index contributed by atoms with van der Waals surface area (Å²) in [5.41, 5.74) is 2.33. The number of anilines is 1. The smallest absolute Gasteiger partial charge is 0.223 e. The summed E-state index contributed by atoms with van der Waals surface area (Å²) >= 11 is 1.69. The molecule has 1 aliphatic heterocycles. The molecule has 2 aliphatic rings. The molecule has 2 aromatic rings. The predicted molar refractivity (Wildman–Crippen MR) is 112 cm³/mol. The lowest BCUT2D eigenvalue weighted by molar-refractivity contribution is -0.123. The van der Waals surface area contributed by atoms with Crippen molar-refractivity contribution < 1.29 is 9.59 Å². The maximum absolute atomic E-state index is 12.5. The highest BCUT2D eigenvalue weighted by atomic mass is 32.1. The first kappa shape index (κ1) is 19.2. The molecule has 2 N–H and O–H groups in total. The first-order valence-corrected chi connectivity index (χ1v) is 10.8. The van der Waals surface area contributed by atoms with E-state index in [9.17, 15) is 9.59 Å². The van der Waals surface area contributed by atoms with Gasteiger partial charge in [0.25, 0.3) is 0 Å². The Morgan fingerprint density at radius 1 is 1.18 bits per heavy atom. The number of nitrogens with one attached hydrogen (secondary N) is 2. The van der Waals surface area contributed by atoms with Crippen LogP contribution in [0, 0.1) is 11.3 Å². The van der Waals surface area contributed by atoms with Crippen molar-refractivity contribution in [3.63, 3.8) is 0 Å². The van der Waals surface area contributed by atoms with Gasteiger partial charge >= 0.3 is 0 Å². The highest BCUT2D eigenvalue weighted by molar-refractivity contribution is 7.09. The molecule has 1 aromatic carbocycles. The lowest BCUT2D eigenvalue weighted by Gasteiger charge is -2.32. The van der Waals surface area contributed by atoms with E-state index in [1.807, 2.05) is 23.6 Å². The average molecular weight is 398 g/mol. The normalized spacial score (nSPS) is 20.7. The summed E-state index contributed by atoms with van der Waals surface area (Å²) in [4.78, 5) is 27.3. The van der Waals surface area contributed by atoms with Crippen molar-refractivity contribution in [3.05, 3.63) is 52.2 Å². The van der Waals surface area contributed by atoms with Gasteiger partial charge in [-0.25, -0.2) is 0 Å². The van der Waals surface area contributed by atoms with Gasteiger partial charge in [-0.2, -0.15) is 0 Å². The van der Waals surface area contributed by atoms with Crippen molar-refractivity contribution in [3.8, 4) is 0 Å². The van der Waals surface area contributed by atoms with E-state index in [-0.39, 0.29) is 23.1 Å². The molecule has 0 radical (unpaired) electrons. The van der Waals surface area contributed by atoms with Crippen LogP contribution >= 0.6 is 11.3 Å². The first-order valence-electron chi connectivity index (χ1n) is 9.93. The molecular weight excluding hydrogens is 370 g/mol. The minimum Gasteiger partial charge on any atom is -0.351 e. The lowest BCUT2D eigenvalue weighted by atomic mass is 9.90. The van der Waals surface area contributed by atoms with Crippen molar-refractivity contribution in [1.82, 2.24) is 10.2 Å². The van der Waals surface area contributed by atoms with Crippen LogP contribution in [0.2, 0.25) is 0 Å². The molecule has 5 nitrogen and oxygen atoms in total. The third-order valence-corrected chi connectivity index (χ3v) is 6.93. The van der Waals surface area contributed by atoms with Gasteiger partial charge in [0.1, 0.15) is 0 Å². The molecule has 1 spiro atoms. The second-order valence-corrected chi connectivity index (χ2v) is 9.10. The zero-order valence-corrected chi connectivity index (χ0v) is 17.1. The van der Waals surface area contributed by atoms with Gasteiger partial charge in [-0.05, 0) is 66.9 Å². The number of hydrogen-bond acceptors (Lipinski definition) is 4. The molecule has 0 unspecified atom stereocenters. The van der Waals surface area contributed by atoms with Crippen LogP contribution in [0.3, 0.4) is 0 Å². The molecule has 1 atom stereocenters. The van der Waals surface area contributed by atoms with Gasteiger partial charge in [0, 0.05) is 30.0 Å². The number of thiophene rings is 1. The number of nitrogens with zero attached hydrogens (tertiary/aromatic N) is 1. The maximum atomic E-state index is 12.5. The molecule has 0 bridgehead atoms.